The number of rotatable bonds is 5. The van der Waals surface area contributed by atoms with Crippen LogP contribution in [0.3, 0.4) is 0 Å². The lowest BCUT2D eigenvalue weighted by Gasteiger charge is -2.25. The lowest BCUT2D eigenvalue weighted by atomic mass is 9.83. The molecule has 0 bridgehead atoms. The molecule has 2 fully saturated rings. The maximum atomic E-state index is 13.1. The topological polar surface area (TPSA) is 102 Å². The van der Waals surface area contributed by atoms with Gasteiger partial charge in [0.1, 0.15) is 17.1 Å². The maximum absolute atomic E-state index is 13.1. The molecule has 4 heterocycles. The van der Waals surface area contributed by atoms with Crippen LogP contribution in [0.5, 0.6) is 0 Å². The van der Waals surface area contributed by atoms with E-state index in [0.717, 1.165) is 37.1 Å². The summed E-state index contributed by atoms with van der Waals surface area (Å²) in [7, 11) is 0. The fourth-order valence-electron chi connectivity index (χ4n) is 4.80. The minimum absolute atomic E-state index is 0.0868. The number of nitriles is 1. The van der Waals surface area contributed by atoms with Crippen molar-refractivity contribution in [3.8, 4) is 6.07 Å². The van der Waals surface area contributed by atoms with Crippen LogP contribution >= 0.6 is 0 Å². The van der Waals surface area contributed by atoms with E-state index in [0.29, 0.717) is 31.1 Å². The number of nitrogens with one attached hydrogen (secondary N) is 1. The average molecular weight is 443 g/mol. The van der Waals surface area contributed by atoms with Crippen molar-refractivity contribution < 1.29 is 9.59 Å². The van der Waals surface area contributed by atoms with Crippen molar-refractivity contribution in [2.24, 2.45) is 11.3 Å². The molecular weight excluding hydrogens is 416 g/mol. The Morgan fingerprint density at radius 1 is 1.21 bits per heavy atom. The van der Waals surface area contributed by atoms with Crippen LogP contribution in [-0.4, -0.2) is 46.3 Å². The summed E-state index contributed by atoms with van der Waals surface area (Å²) in [5, 5.41) is 12.9. The lowest BCUT2D eigenvalue weighted by Crippen LogP contribution is -2.35. The molecule has 1 N–H and O–H groups in total. The summed E-state index contributed by atoms with van der Waals surface area (Å²) in [5.41, 5.74) is 2.12. The van der Waals surface area contributed by atoms with Crippen LogP contribution in [0, 0.1) is 22.7 Å². The zero-order valence-electron chi connectivity index (χ0n) is 18.6. The third-order valence-electron chi connectivity index (χ3n) is 6.93. The SMILES string of the molecule is CC(=O)N1CC=C(c2ccc(Nc3cc(N4CC[C@@](C#N)(C5CC5)C4=O)ccn3)nc2)CC1. The van der Waals surface area contributed by atoms with Gasteiger partial charge in [-0.25, -0.2) is 9.97 Å². The van der Waals surface area contributed by atoms with E-state index < -0.39 is 5.41 Å². The Balaban J connectivity index is 1.27. The molecule has 3 aliphatic rings. The highest BCUT2D eigenvalue weighted by Crippen LogP contribution is 2.51. The monoisotopic (exact) mass is 442 g/mol. The second-order valence-corrected chi connectivity index (χ2v) is 8.97. The molecule has 1 aliphatic carbocycles. The van der Waals surface area contributed by atoms with E-state index in [-0.39, 0.29) is 17.7 Å². The Bertz CT molecular complexity index is 1160. The van der Waals surface area contributed by atoms with Gasteiger partial charge in [-0.2, -0.15) is 5.26 Å². The molecule has 1 saturated carbocycles. The van der Waals surface area contributed by atoms with Gasteiger partial charge in [0.15, 0.2) is 0 Å². The van der Waals surface area contributed by atoms with Gasteiger partial charge in [-0.3, -0.25) is 9.59 Å². The van der Waals surface area contributed by atoms with Crippen molar-refractivity contribution in [1.82, 2.24) is 14.9 Å². The Kier molecular flexibility index (Phi) is 5.33. The molecular formula is C25H26N6O2. The molecule has 2 aromatic heterocycles. The van der Waals surface area contributed by atoms with E-state index in [1.165, 1.54) is 5.57 Å². The molecule has 1 atom stereocenters. The van der Waals surface area contributed by atoms with E-state index in [1.807, 2.05) is 29.3 Å². The van der Waals surface area contributed by atoms with Gasteiger partial charge in [0.25, 0.3) is 0 Å². The minimum atomic E-state index is -0.858. The number of hydrogen-bond donors (Lipinski definition) is 1. The van der Waals surface area contributed by atoms with Gasteiger partial charge in [0.2, 0.25) is 11.8 Å². The van der Waals surface area contributed by atoms with Crippen molar-refractivity contribution in [2.75, 3.05) is 29.9 Å². The van der Waals surface area contributed by atoms with E-state index in [2.05, 4.69) is 27.4 Å². The van der Waals surface area contributed by atoms with Crippen molar-refractivity contribution in [2.45, 2.75) is 32.6 Å². The van der Waals surface area contributed by atoms with Gasteiger partial charge in [0, 0.05) is 50.7 Å². The van der Waals surface area contributed by atoms with Crippen molar-refractivity contribution in [3.05, 3.63) is 48.3 Å². The molecule has 168 valence electrons. The summed E-state index contributed by atoms with van der Waals surface area (Å²) >= 11 is 0. The van der Waals surface area contributed by atoms with E-state index in [1.54, 1.807) is 24.1 Å². The molecule has 1 saturated heterocycles. The maximum Gasteiger partial charge on any atom is 0.247 e. The molecule has 0 spiro atoms. The van der Waals surface area contributed by atoms with Gasteiger partial charge in [-0.05, 0) is 60.9 Å². The van der Waals surface area contributed by atoms with Gasteiger partial charge in [0.05, 0.1) is 6.07 Å². The normalized spacial score (nSPS) is 22.7. The number of pyridine rings is 2. The van der Waals surface area contributed by atoms with E-state index in [4.69, 9.17) is 0 Å². The number of aromatic nitrogens is 2. The molecule has 2 aromatic rings. The van der Waals surface area contributed by atoms with E-state index in [9.17, 15) is 14.9 Å². The van der Waals surface area contributed by atoms with Crippen LogP contribution in [-0.2, 0) is 9.59 Å². The molecule has 2 amide bonds. The first kappa shape index (κ1) is 21.1. The standard InChI is InChI=1S/C25H26N6O2/c1-17(32)30-11-7-18(8-12-30)19-2-5-22(28-15-19)29-23-14-21(6-10-27-23)31-13-9-25(16-26,24(31)33)20-3-4-20/h2,5-7,10,14-15,20H,3-4,8-9,11-13H2,1H3,(H,27,28,29)/t25-/m1/s1. The third kappa shape index (κ3) is 3.95. The number of amides is 2. The zero-order valence-corrected chi connectivity index (χ0v) is 18.6. The van der Waals surface area contributed by atoms with Crippen molar-refractivity contribution in [3.63, 3.8) is 0 Å². The lowest BCUT2D eigenvalue weighted by molar-refractivity contribution is -0.128. The van der Waals surface area contributed by atoms with Crippen LogP contribution in [0.1, 0.15) is 38.2 Å². The first-order chi connectivity index (χ1) is 16.0. The molecule has 8 nitrogen and oxygen atoms in total. The third-order valence-corrected chi connectivity index (χ3v) is 6.93. The summed E-state index contributed by atoms with van der Waals surface area (Å²) in [6.07, 6.45) is 8.89. The molecule has 2 aliphatic heterocycles. The van der Waals surface area contributed by atoms with Gasteiger partial charge < -0.3 is 15.1 Å². The second-order valence-electron chi connectivity index (χ2n) is 8.97. The first-order valence-electron chi connectivity index (χ1n) is 11.4. The molecule has 0 radical (unpaired) electrons. The summed E-state index contributed by atoms with van der Waals surface area (Å²) in [5.74, 6) is 1.46. The van der Waals surface area contributed by atoms with Gasteiger partial charge >= 0.3 is 0 Å². The Labute approximate surface area is 192 Å². The van der Waals surface area contributed by atoms with Crippen LogP contribution < -0.4 is 10.2 Å². The first-order valence-corrected chi connectivity index (χ1v) is 11.4. The summed E-state index contributed by atoms with van der Waals surface area (Å²) in [6.45, 7) is 3.50. The highest BCUT2D eigenvalue weighted by atomic mass is 16.2. The fraction of sp³-hybridized carbons (Fsp3) is 0.400. The number of anilines is 3. The predicted octanol–water partition coefficient (Wildman–Crippen LogP) is 3.51. The van der Waals surface area contributed by atoms with Crippen molar-refractivity contribution >= 4 is 34.7 Å². The van der Waals surface area contributed by atoms with E-state index >= 15 is 0 Å². The highest BCUT2D eigenvalue weighted by Gasteiger charge is 2.56. The summed E-state index contributed by atoms with van der Waals surface area (Å²) in [6, 6.07) is 9.87. The number of nitrogens with zero attached hydrogens (tertiary/aromatic N) is 5. The second kappa shape index (κ2) is 8.32. The smallest absolute Gasteiger partial charge is 0.247 e. The largest absolute Gasteiger partial charge is 0.339 e. The van der Waals surface area contributed by atoms with Crippen LogP contribution in [0.2, 0.25) is 0 Å². The van der Waals surface area contributed by atoms with Crippen LogP contribution in [0.25, 0.3) is 5.57 Å². The molecule has 0 unspecified atom stereocenters. The number of hydrogen-bond acceptors (Lipinski definition) is 6. The van der Waals surface area contributed by atoms with Gasteiger partial charge in [-0.15, -0.1) is 0 Å². The molecule has 33 heavy (non-hydrogen) atoms. The average Bonchev–Trinajstić information content (AvgIpc) is 3.63. The quantitative estimate of drug-likeness (QED) is 0.760. The fourth-order valence-corrected chi connectivity index (χ4v) is 4.80. The van der Waals surface area contributed by atoms with Crippen LogP contribution in [0.4, 0.5) is 17.3 Å². The Morgan fingerprint density at radius 3 is 2.70 bits per heavy atom. The molecule has 8 heteroatoms. The number of carbonyl (C=O) groups excluding carboxylic acids is 2. The minimum Gasteiger partial charge on any atom is -0.339 e. The van der Waals surface area contributed by atoms with Crippen molar-refractivity contribution in [1.29, 1.82) is 5.26 Å². The summed E-state index contributed by atoms with van der Waals surface area (Å²) < 4.78 is 0. The van der Waals surface area contributed by atoms with Gasteiger partial charge in [-0.1, -0.05) is 6.08 Å². The summed E-state index contributed by atoms with van der Waals surface area (Å²) in [4.78, 5) is 37.0. The highest BCUT2D eigenvalue weighted by molar-refractivity contribution is 6.02. The zero-order chi connectivity index (χ0) is 23.0. The Hall–Kier alpha value is -3.73. The Morgan fingerprint density at radius 2 is 2.06 bits per heavy atom. The predicted molar refractivity (Wildman–Crippen MR) is 124 cm³/mol. The molecule has 5 rings (SSSR count). The van der Waals surface area contributed by atoms with Crippen LogP contribution in [0.15, 0.2) is 42.7 Å². The molecule has 0 aromatic carbocycles. The number of carbonyl (C=O) groups is 2.